The molecule has 8 heteroatoms. The molecule has 0 saturated carbocycles. The van der Waals surface area contributed by atoms with E-state index in [1.165, 1.54) is 19.1 Å². The quantitative estimate of drug-likeness (QED) is 0.784. The molecule has 4 N–H and O–H groups in total. The Hall–Kier alpha value is -2.25. The monoisotopic (exact) mass is 345 g/mol. The molecule has 0 aromatic heterocycles. The van der Waals surface area contributed by atoms with Gasteiger partial charge in [0.05, 0.1) is 11.6 Å². The molecule has 0 aliphatic rings. The predicted molar refractivity (Wildman–Crippen MR) is 84.0 cm³/mol. The molecule has 134 valence electrons. The molecule has 1 aromatic rings. The molecule has 0 unspecified atom stereocenters. The van der Waals surface area contributed by atoms with Gasteiger partial charge in [0.2, 0.25) is 5.91 Å². The predicted octanol–water partition coefficient (Wildman–Crippen LogP) is 2.97. The first kappa shape index (κ1) is 19.8. The number of halogens is 3. The molecule has 0 heterocycles. The number of nitrogens with one attached hydrogen (secondary N) is 2. The zero-order valence-corrected chi connectivity index (χ0v) is 14.0. The normalized spacial score (nSPS) is 14.6. The highest BCUT2D eigenvalue weighted by molar-refractivity contribution is 5.86. The van der Waals surface area contributed by atoms with Gasteiger partial charge in [-0.15, -0.1) is 0 Å². The first-order chi connectivity index (χ1) is 10.8. The molecule has 0 bridgehead atoms. The van der Waals surface area contributed by atoms with Gasteiger partial charge in [0.25, 0.3) is 0 Å². The van der Waals surface area contributed by atoms with Gasteiger partial charge in [0.15, 0.2) is 0 Å². The van der Waals surface area contributed by atoms with E-state index >= 15 is 0 Å². The number of carbonyl (C=O) groups excluding carboxylic acids is 2. The standard InChI is InChI=1S/C16H22F3N3O2/c1-9(21-14(20)24)13(23)22-12(15(2,3)4)10-6-5-7-11(8-10)16(17,18)19/h5-9,12H,1-4H3,(H,22,23)(H3,20,21,24)/t9-,12-/m1/s1. The molecule has 1 aromatic carbocycles. The van der Waals surface area contributed by atoms with E-state index in [0.717, 1.165) is 12.1 Å². The first-order valence-electron chi connectivity index (χ1n) is 7.36. The Morgan fingerprint density at radius 1 is 1.12 bits per heavy atom. The third-order valence-corrected chi connectivity index (χ3v) is 3.45. The van der Waals surface area contributed by atoms with Crippen molar-refractivity contribution in [2.45, 2.75) is 46.0 Å². The Morgan fingerprint density at radius 3 is 2.17 bits per heavy atom. The molecule has 0 spiro atoms. The zero-order valence-electron chi connectivity index (χ0n) is 14.0. The van der Waals surface area contributed by atoms with Gasteiger partial charge >= 0.3 is 12.2 Å². The summed E-state index contributed by atoms with van der Waals surface area (Å²) in [6.07, 6.45) is -4.47. The molecular weight excluding hydrogens is 323 g/mol. The van der Waals surface area contributed by atoms with Crippen LogP contribution in [0.4, 0.5) is 18.0 Å². The van der Waals surface area contributed by atoms with Gasteiger partial charge in [-0.2, -0.15) is 13.2 Å². The van der Waals surface area contributed by atoms with E-state index in [4.69, 9.17) is 5.73 Å². The summed E-state index contributed by atoms with van der Waals surface area (Å²) in [4.78, 5) is 23.0. The maximum atomic E-state index is 12.9. The summed E-state index contributed by atoms with van der Waals surface area (Å²) in [7, 11) is 0. The number of primary amides is 1. The maximum absolute atomic E-state index is 12.9. The molecule has 5 nitrogen and oxygen atoms in total. The minimum absolute atomic E-state index is 0.331. The van der Waals surface area contributed by atoms with Crippen LogP contribution in [0.15, 0.2) is 24.3 Å². The van der Waals surface area contributed by atoms with Crippen LogP contribution in [0.3, 0.4) is 0 Å². The van der Waals surface area contributed by atoms with Crippen LogP contribution in [0.25, 0.3) is 0 Å². The molecule has 2 atom stereocenters. The topological polar surface area (TPSA) is 84.2 Å². The molecule has 1 rings (SSSR count). The van der Waals surface area contributed by atoms with Gasteiger partial charge < -0.3 is 16.4 Å². The van der Waals surface area contributed by atoms with Crippen LogP contribution in [-0.4, -0.2) is 18.0 Å². The van der Waals surface area contributed by atoms with Gasteiger partial charge in [-0.3, -0.25) is 4.79 Å². The summed E-state index contributed by atoms with van der Waals surface area (Å²) in [6.45, 7) is 6.82. The molecule has 24 heavy (non-hydrogen) atoms. The van der Waals surface area contributed by atoms with Crippen molar-refractivity contribution in [3.8, 4) is 0 Å². The Balaban J connectivity index is 3.12. The highest BCUT2D eigenvalue weighted by Gasteiger charge is 2.34. The minimum atomic E-state index is -4.47. The highest BCUT2D eigenvalue weighted by atomic mass is 19.4. The number of alkyl halides is 3. The van der Waals surface area contributed by atoms with Crippen LogP contribution in [-0.2, 0) is 11.0 Å². The largest absolute Gasteiger partial charge is 0.416 e. The number of benzene rings is 1. The second-order valence-electron chi connectivity index (χ2n) is 6.66. The van der Waals surface area contributed by atoms with E-state index in [9.17, 15) is 22.8 Å². The van der Waals surface area contributed by atoms with Crippen LogP contribution in [0.1, 0.15) is 44.9 Å². The number of rotatable bonds is 4. The number of urea groups is 1. The number of hydrogen-bond donors (Lipinski definition) is 3. The van der Waals surface area contributed by atoms with Crippen molar-refractivity contribution in [2.24, 2.45) is 11.1 Å². The van der Waals surface area contributed by atoms with E-state index in [1.807, 2.05) is 0 Å². The van der Waals surface area contributed by atoms with Gasteiger partial charge in [-0.25, -0.2) is 4.79 Å². The zero-order chi connectivity index (χ0) is 18.7. The van der Waals surface area contributed by atoms with Gasteiger partial charge in [0, 0.05) is 0 Å². The van der Waals surface area contributed by atoms with Crippen LogP contribution >= 0.6 is 0 Å². The van der Waals surface area contributed by atoms with E-state index in [1.54, 1.807) is 20.8 Å². The fourth-order valence-electron chi connectivity index (χ4n) is 2.24. The lowest BCUT2D eigenvalue weighted by Crippen LogP contribution is -2.49. The fourth-order valence-corrected chi connectivity index (χ4v) is 2.24. The van der Waals surface area contributed by atoms with E-state index in [2.05, 4.69) is 10.6 Å². The number of hydrogen-bond acceptors (Lipinski definition) is 2. The van der Waals surface area contributed by atoms with Crippen LogP contribution in [0.5, 0.6) is 0 Å². The Labute approximate surface area is 138 Å². The Morgan fingerprint density at radius 2 is 1.71 bits per heavy atom. The maximum Gasteiger partial charge on any atom is 0.416 e. The minimum Gasteiger partial charge on any atom is -0.352 e. The van der Waals surface area contributed by atoms with Crippen LogP contribution in [0.2, 0.25) is 0 Å². The highest BCUT2D eigenvalue weighted by Crippen LogP contribution is 2.36. The van der Waals surface area contributed by atoms with Gasteiger partial charge in [-0.1, -0.05) is 32.9 Å². The third-order valence-electron chi connectivity index (χ3n) is 3.45. The second-order valence-corrected chi connectivity index (χ2v) is 6.66. The molecule has 0 aliphatic carbocycles. The molecule has 0 aliphatic heterocycles. The SMILES string of the molecule is C[C@@H](NC(N)=O)C(=O)N[C@H](c1cccc(C(F)(F)F)c1)C(C)(C)C. The lowest BCUT2D eigenvalue weighted by atomic mass is 9.81. The summed E-state index contributed by atoms with van der Waals surface area (Å²) in [5.74, 6) is -0.536. The van der Waals surface area contributed by atoms with Crippen molar-refractivity contribution in [3.05, 3.63) is 35.4 Å². The van der Waals surface area contributed by atoms with E-state index in [-0.39, 0.29) is 0 Å². The molecule has 3 amide bonds. The summed E-state index contributed by atoms with van der Waals surface area (Å²) in [6, 6.07) is 2.38. The second kappa shape index (κ2) is 7.11. The fraction of sp³-hybridized carbons (Fsp3) is 0.500. The van der Waals surface area contributed by atoms with Crippen molar-refractivity contribution in [3.63, 3.8) is 0 Å². The van der Waals surface area contributed by atoms with Crippen molar-refractivity contribution >= 4 is 11.9 Å². The van der Waals surface area contributed by atoms with Crippen molar-refractivity contribution in [1.82, 2.24) is 10.6 Å². The van der Waals surface area contributed by atoms with Gasteiger partial charge in [0.1, 0.15) is 6.04 Å². The lowest BCUT2D eigenvalue weighted by Gasteiger charge is -2.33. The van der Waals surface area contributed by atoms with Crippen LogP contribution < -0.4 is 16.4 Å². The summed E-state index contributed by atoms with van der Waals surface area (Å²) in [5.41, 5.74) is 3.97. The number of amides is 3. The van der Waals surface area contributed by atoms with Crippen molar-refractivity contribution in [1.29, 1.82) is 0 Å². The average Bonchev–Trinajstić information content (AvgIpc) is 2.41. The van der Waals surface area contributed by atoms with E-state index < -0.39 is 41.2 Å². The van der Waals surface area contributed by atoms with Gasteiger partial charge in [-0.05, 0) is 30.0 Å². The average molecular weight is 345 g/mol. The third kappa shape index (κ3) is 5.43. The summed E-state index contributed by atoms with van der Waals surface area (Å²) in [5, 5.41) is 4.91. The Bertz CT molecular complexity index is 609. The molecule has 0 fully saturated rings. The lowest BCUT2D eigenvalue weighted by molar-refractivity contribution is -0.137. The smallest absolute Gasteiger partial charge is 0.352 e. The summed E-state index contributed by atoms with van der Waals surface area (Å²) >= 11 is 0. The molecule has 0 saturated heterocycles. The molecule has 0 radical (unpaired) electrons. The van der Waals surface area contributed by atoms with Crippen LogP contribution in [0, 0.1) is 5.41 Å². The number of nitrogens with two attached hydrogens (primary N) is 1. The first-order valence-corrected chi connectivity index (χ1v) is 7.36. The van der Waals surface area contributed by atoms with Crippen molar-refractivity contribution < 1.29 is 22.8 Å². The Kier molecular flexibility index (Phi) is 5.86. The van der Waals surface area contributed by atoms with E-state index in [0.29, 0.717) is 5.56 Å². The molecular formula is C16H22F3N3O2. The van der Waals surface area contributed by atoms with Crippen molar-refractivity contribution in [2.75, 3.05) is 0 Å². The summed E-state index contributed by atoms with van der Waals surface area (Å²) < 4.78 is 38.7. The number of carbonyl (C=O) groups is 2.